The maximum absolute atomic E-state index is 12.7. The van der Waals surface area contributed by atoms with Gasteiger partial charge in [-0.1, -0.05) is 12.1 Å². The van der Waals surface area contributed by atoms with Gasteiger partial charge in [0.05, 0.1) is 16.6 Å². The first-order valence-electron chi connectivity index (χ1n) is 8.30. The zero-order chi connectivity index (χ0) is 16.7. The fourth-order valence-electron chi connectivity index (χ4n) is 3.29. The van der Waals surface area contributed by atoms with Crippen LogP contribution in [0.4, 0.5) is 0 Å². The molecular formula is C18H21N5O. The first kappa shape index (κ1) is 14.9. The van der Waals surface area contributed by atoms with Crippen molar-refractivity contribution in [2.24, 2.45) is 5.92 Å². The van der Waals surface area contributed by atoms with Gasteiger partial charge in [0, 0.05) is 31.3 Å². The Hall–Kier alpha value is -2.63. The summed E-state index contributed by atoms with van der Waals surface area (Å²) >= 11 is 0. The molecule has 1 aliphatic rings. The first-order valence-corrected chi connectivity index (χ1v) is 8.30. The molecule has 1 aliphatic heterocycles. The van der Waals surface area contributed by atoms with Gasteiger partial charge < -0.3 is 14.9 Å². The summed E-state index contributed by atoms with van der Waals surface area (Å²) in [6.45, 7) is 4.80. The number of H-pyrrole nitrogens is 1. The molecule has 3 heterocycles. The molecule has 3 aromatic rings. The van der Waals surface area contributed by atoms with Crippen molar-refractivity contribution in [1.29, 1.82) is 0 Å². The summed E-state index contributed by atoms with van der Waals surface area (Å²) in [4.78, 5) is 25.0. The smallest absolute Gasteiger partial charge is 0.224 e. The number of para-hydroxylation sites is 2. The van der Waals surface area contributed by atoms with E-state index >= 15 is 0 Å². The number of aryl methyl sites for hydroxylation is 1. The van der Waals surface area contributed by atoms with E-state index in [1.54, 1.807) is 6.20 Å². The summed E-state index contributed by atoms with van der Waals surface area (Å²) in [5.74, 6) is 1.79. The highest BCUT2D eigenvalue weighted by Crippen LogP contribution is 2.24. The van der Waals surface area contributed by atoms with E-state index in [2.05, 4.69) is 24.8 Å². The monoisotopic (exact) mass is 323 g/mol. The fourth-order valence-corrected chi connectivity index (χ4v) is 3.29. The molecule has 0 fully saturated rings. The number of nitrogens with one attached hydrogen (secondary N) is 2. The molecule has 1 unspecified atom stereocenters. The topological polar surface area (TPSA) is 75.6 Å². The summed E-state index contributed by atoms with van der Waals surface area (Å²) in [6.07, 6.45) is 5.30. The van der Waals surface area contributed by atoms with Crippen LogP contribution in [0.15, 0.2) is 36.7 Å². The van der Waals surface area contributed by atoms with Gasteiger partial charge in [0.1, 0.15) is 11.6 Å². The van der Waals surface area contributed by atoms with E-state index in [0.29, 0.717) is 6.42 Å². The molecule has 1 amide bonds. The van der Waals surface area contributed by atoms with E-state index in [9.17, 15) is 4.79 Å². The average Bonchev–Trinajstić information content (AvgIpc) is 3.20. The second-order valence-electron chi connectivity index (χ2n) is 6.94. The van der Waals surface area contributed by atoms with Gasteiger partial charge >= 0.3 is 0 Å². The normalized spacial score (nSPS) is 17.7. The van der Waals surface area contributed by atoms with Crippen LogP contribution in [0.1, 0.15) is 31.9 Å². The lowest BCUT2D eigenvalue weighted by Gasteiger charge is -2.29. The van der Waals surface area contributed by atoms with E-state index in [4.69, 9.17) is 0 Å². The van der Waals surface area contributed by atoms with Crippen molar-refractivity contribution in [1.82, 2.24) is 24.8 Å². The van der Waals surface area contributed by atoms with Gasteiger partial charge in [-0.15, -0.1) is 0 Å². The number of carbonyl (C=O) groups is 1. The predicted molar refractivity (Wildman–Crippen MR) is 91.3 cm³/mol. The number of hydrogen-bond acceptors (Lipinski definition) is 3. The molecule has 0 saturated heterocycles. The van der Waals surface area contributed by atoms with Gasteiger partial charge in [-0.3, -0.25) is 4.79 Å². The molecule has 0 spiro atoms. The minimum absolute atomic E-state index is 0.0384. The molecular weight excluding hydrogens is 302 g/mol. The Morgan fingerprint density at radius 1 is 1.38 bits per heavy atom. The van der Waals surface area contributed by atoms with Gasteiger partial charge in [0.15, 0.2) is 0 Å². The molecule has 0 radical (unpaired) electrons. The number of aromatic amines is 1. The van der Waals surface area contributed by atoms with Crippen LogP contribution in [0.25, 0.3) is 11.0 Å². The largest absolute Gasteiger partial charge is 0.344 e. The number of nitrogens with zero attached hydrogens (tertiary/aromatic N) is 3. The van der Waals surface area contributed by atoms with Crippen LogP contribution >= 0.6 is 0 Å². The Labute approximate surface area is 140 Å². The van der Waals surface area contributed by atoms with Crippen LogP contribution in [0.2, 0.25) is 0 Å². The van der Waals surface area contributed by atoms with Crippen LogP contribution in [-0.2, 0) is 23.3 Å². The quantitative estimate of drug-likeness (QED) is 0.777. The van der Waals surface area contributed by atoms with Crippen LogP contribution in [0, 0.1) is 5.92 Å². The summed E-state index contributed by atoms with van der Waals surface area (Å²) in [6, 6.07) is 7.89. The Bertz CT molecular complexity index is 859. The summed E-state index contributed by atoms with van der Waals surface area (Å²) in [5, 5.41) is 3.16. The number of amides is 1. The maximum atomic E-state index is 12.7. The molecule has 2 aromatic heterocycles. The van der Waals surface area contributed by atoms with Crippen molar-refractivity contribution in [2.75, 3.05) is 0 Å². The minimum Gasteiger partial charge on any atom is -0.344 e. The minimum atomic E-state index is -0.553. The Kier molecular flexibility index (Phi) is 3.40. The van der Waals surface area contributed by atoms with Crippen molar-refractivity contribution >= 4 is 16.9 Å². The molecule has 2 N–H and O–H groups in total. The Morgan fingerprint density at radius 2 is 2.21 bits per heavy atom. The number of carbonyl (C=O) groups excluding carboxylic acids is 1. The highest BCUT2D eigenvalue weighted by molar-refractivity contribution is 5.80. The van der Waals surface area contributed by atoms with Crippen LogP contribution in [-0.4, -0.2) is 25.4 Å². The molecule has 6 heteroatoms. The first-order chi connectivity index (χ1) is 11.5. The number of rotatable bonds is 3. The van der Waals surface area contributed by atoms with E-state index in [1.807, 2.05) is 44.3 Å². The Morgan fingerprint density at radius 3 is 3.04 bits per heavy atom. The van der Waals surface area contributed by atoms with Crippen molar-refractivity contribution in [3.8, 4) is 0 Å². The standard InChI is InChI=1S/C18H21N5O/c1-18(2,17-20-13-5-3-4-6-14(13)21-17)22-16(24)12-7-9-23-10-8-19-15(23)11-12/h3-6,8,10,12H,7,9,11H2,1-2H3,(H,20,21)(H,22,24). The molecule has 1 aromatic carbocycles. The lowest BCUT2D eigenvalue weighted by atomic mass is 9.94. The zero-order valence-corrected chi connectivity index (χ0v) is 13.9. The van der Waals surface area contributed by atoms with Gasteiger partial charge in [-0.05, 0) is 32.4 Å². The molecule has 4 rings (SSSR count). The fraction of sp³-hybridized carbons (Fsp3) is 0.389. The summed E-state index contributed by atoms with van der Waals surface area (Å²) < 4.78 is 2.12. The molecule has 6 nitrogen and oxygen atoms in total. The van der Waals surface area contributed by atoms with Gasteiger partial charge in [0.25, 0.3) is 0 Å². The second kappa shape index (κ2) is 5.47. The van der Waals surface area contributed by atoms with Crippen molar-refractivity contribution < 1.29 is 4.79 Å². The van der Waals surface area contributed by atoms with Crippen molar-refractivity contribution in [3.63, 3.8) is 0 Å². The highest BCUT2D eigenvalue weighted by atomic mass is 16.2. The third-order valence-electron chi connectivity index (χ3n) is 4.74. The molecule has 0 bridgehead atoms. The summed E-state index contributed by atoms with van der Waals surface area (Å²) in [7, 11) is 0. The molecule has 1 atom stereocenters. The highest BCUT2D eigenvalue weighted by Gasteiger charge is 2.32. The molecule has 0 aliphatic carbocycles. The van der Waals surface area contributed by atoms with Gasteiger partial charge in [-0.25, -0.2) is 9.97 Å². The molecule has 124 valence electrons. The molecule has 24 heavy (non-hydrogen) atoms. The third kappa shape index (κ3) is 2.58. The number of hydrogen-bond donors (Lipinski definition) is 2. The number of imidazole rings is 2. The number of benzene rings is 1. The maximum Gasteiger partial charge on any atom is 0.224 e. The van der Waals surface area contributed by atoms with E-state index in [-0.39, 0.29) is 11.8 Å². The lowest BCUT2D eigenvalue weighted by molar-refractivity contribution is -0.127. The second-order valence-corrected chi connectivity index (χ2v) is 6.94. The zero-order valence-electron chi connectivity index (χ0n) is 13.9. The van der Waals surface area contributed by atoms with Crippen molar-refractivity contribution in [3.05, 3.63) is 48.3 Å². The lowest BCUT2D eigenvalue weighted by Crippen LogP contribution is -2.46. The Balaban J connectivity index is 1.52. The van der Waals surface area contributed by atoms with Gasteiger partial charge in [-0.2, -0.15) is 0 Å². The number of aromatic nitrogens is 4. The predicted octanol–water partition coefficient (Wildman–Crippen LogP) is 2.37. The SMILES string of the molecule is CC(C)(NC(=O)C1CCn2ccnc2C1)c1nc2ccccc2[nH]1. The van der Waals surface area contributed by atoms with Crippen molar-refractivity contribution in [2.45, 2.75) is 38.8 Å². The van der Waals surface area contributed by atoms with E-state index < -0.39 is 5.54 Å². The van der Waals surface area contributed by atoms with E-state index in [1.165, 1.54) is 0 Å². The number of fused-ring (bicyclic) bond motifs is 2. The summed E-state index contributed by atoms with van der Waals surface area (Å²) in [5.41, 5.74) is 1.34. The van der Waals surface area contributed by atoms with Crippen LogP contribution in [0.3, 0.4) is 0 Å². The average molecular weight is 323 g/mol. The van der Waals surface area contributed by atoms with E-state index in [0.717, 1.165) is 35.6 Å². The third-order valence-corrected chi connectivity index (χ3v) is 4.74. The van der Waals surface area contributed by atoms with Crippen LogP contribution < -0.4 is 5.32 Å². The van der Waals surface area contributed by atoms with Gasteiger partial charge in [0.2, 0.25) is 5.91 Å². The van der Waals surface area contributed by atoms with Crippen LogP contribution in [0.5, 0.6) is 0 Å². The molecule has 0 saturated carbocycles.